The Hall–Kier alpha value is -1.39. The van der Waals surface area contributed by atoms with Gasteiger partial charge in [0.2, 0.25) is 0 Å². The van der Waals surface area contributed by atoms with Gasteiger partial charge in [0.05, 0.1) is 17.2 Å². The monoisotopic (exact) mass is 302 g/mol. The molecule has 0 fully saturated rings. The molecule has 1 aromatic carbocycles. The average Bonchev–Trinajstić information content (AvgIpc) is 2.90. The van der Waals surface area contributed by atoms with Crippen LogP contribution < -0.4 is 4.90 Å². The van der Waals surface area contributed by atoms with Gasteiger partial charge in [0, 0.05) is 12.2 Å². The molecule has 112 valence electrons. The first-order chi connectivity index (χ1) is 10.1. The third-order valence-electron chi connectivity index (χ3n) is 3.99. The van der Waals surface area contributed by atoms with Crippen molar-refractivity contribution in [1.29, 1.82) is 0 Å². The van der Waals surface area contributed by atoms with Crippen LogP contribution in [0.15, 0.2) is 18.2 Å². The second kappa shape index (κ2) is 5.78. The first-order valence-electron chi connectivity index (χ1n) is 7.57. The maximum absolute atomic E-state index is 9.56. The molecule has 4 heteroatoms. The Morgan fingerprint density at radius 1 is 1.38 bits per heavy atom. The number of hydrogen-bond donors (Lipinski definition) is 1. The highest BCUT2D eigenvalue weighted by molar-refractivity contribution is 7.15. The summed E-state index contributed by atoms with van der Waals surface area (Å²) in [7, 11) is 0. The van der Waals surface area contributed by atoms with Gasteiger partial charge in [-0.15, -0.1) is 0 Å². The van der Waals surface area contributed by atoms with Crippen molar-refractivity contribution in [3.8, 4) is 0 Å². The first-order valence-corrected chi connectivity index (χ1v) is 8.39. The molecule has 0 saturated carbocycles. The normalized spacial score (nSPS) is 14.6. The molecule has 2 aromatic rings. The molecular formula is C17H22N2OS. The highest BCUT2D eigenvalue weighted by Crippen LogP contribution is 2.38. The van der Waals surface area contributed by atoms with Crippen LogP contribution in [0.4, 0.5) is 10.8 Å². The summed E-state index contributed by atoms with van der Waals surface area (Å²) in [6.07, 6.45) is 2.30. The number of aliphatic hydroxyl groups excluding tert-OH is 1. The Labute approximate surface area is 130 Å². The molecule has 0 atom stereocenters. The van der Waals surface area contributed by atoms with Crippen LogP contribution >= 0.6 is 11.3 Å². The molecule has 1 aliphatic rings. The molecule has 0 amide bonds. The Kier molecular flexibility index (Phi) is 4.00. The van der Waals surface area contributed by atoms with Crippen molar-refractivity contribution in [2.75, 3.05) is 11.4 Å². The largest absolute Gasteiger partial charge is 0.391 e. The Bertz CT molecular complexity index is 648. The third-order valence-corrected chi connectivity index (χ3v) is 5.07. The quantitative estimate of drug-likeness (QED) is 0.925. The first kappa shape index (κ1) is 14.5. The van der Waals surface area contributed by atoms with Gasteiger partial charge in [0.1, 0.15) is 0 Å². The number of aromatic nitrogens is 1. The molecular weight excluding hydrogens is 280 g/mol. The molecule has 0 saturated heterocycles. The van der Waals surface area contributed by atoms with E-state index in [9.17, 15) is 5.11 Å². The fraction of sp³-hybridized carbons (Fsp3) is 0.471. The summed E-state index contributed by atoms with van der Waals surface area (Å²) in [6.45, 7) is 7.49. The molecule has 2 heterocycles. The van der Waals surface area contributed by atoms with E-state index >= 15 is 0 Å². The maximum atomic E-state index is 9.56. The summed E-state index contributed by atoms with van der Waals surface area (Å²) in [4.78, 5) is 8.12. The second-order valence-corrected chi connectivity index (χ2v) is 7.07. The molecule has 3 rings (SSSR count). The van der Waals surface area contributed by atoms with Crippen LogP contribution in [0.1, 0.15) is 47.9 Å². The molecule has 0 radical (unpaired) electrons. The van der Waals surface area contributed by atoms with Crippen LogP contribution in [0.5, 0.6) is 0 Å². The molecule has 21 heavy (non-hydrogen) atoms. The smallest absolute Gasteiger partial charge is 0.190 e. The van der Waals surface area contributed by atoms with Crippen molar-refractivity contribution in [3.05, 3.63) is 39.9 Å². The van der Waals surface area contributed by atoms with Crippen LogP contribution in [-0.2, 0) is 13.0 Å². The third kappa shape index (κ3) is 2.70. The van der Waals surface area contributed by atoms with Crippen LogP contribution in [0.25, 0.3) is 0 Å². The lowest BCUT2D eigenvalue weighted by molar-refractivity contribution is 0.283. The summed E-state index contributed by atoms with van der Waals surface area (Å²) in [5.41, 5.74) is 5.04. The molecule has 1 N–H and O–H groups in total. The Morgan fingerprint density at radius 2 is 2.19 bits per heavy atom. The van der Waals surface area contributed by atoms with Crippen molar-refractivity contribution in [3.63, 3.8) is 0 Å². The minimum absolute atomic E-state index is 0.0831. The van der Waals surface area contributed by atoms with Crippen LogP contribution in [0, 0.1) is 6.92 Å². The van der Waals surface area contributed by atoms with Gasteiger partial charge >= 0.3 is 0 Å². The SMILES string of the molecule is Cc1ccc2c(c1)CCCN2c1nc(C(C)C)c(CO)s1. The zero-order chi connectivity index (χ0) is 15.0. The van der Waals surface area contributed by atoms with Gasteiger partial charge in [-0.25, -0.2) is 4.98 Å². The van der Waals surface area contributed by atoms with Crippen LogP contribution in [0.3, 0.4) is 0 Å². The van der Waals surface area contributed by atoms with E-state index in [0.29, 0.717) is 5.92 Å². The molecule has 1 aliphatic heterocycles. The molecule has 0 aliphatic carbocycles. The highest BCUT2D eigenvalue weighted by Gasteiger charge is 2.23. The minimum Gasteiger partial charge on any atom is -0.391 e. The molecule has 3 nitrogen and oxygen atoms in total. The Balaban J connectivity index is 2.03. The maximum Gasteiger partial charge on any atom is 0.190 e. The second-order valence-electron chi connectivity index (χ2n) is 6.01. The van der Waals surface area contributed by atoms with Gasteiger partial charge in [-0.05, 0) is 37.3 Å². The summed E-state index contributed by atoms with van der Waals surface area (Å²) < 4.78 is 0. The number of aryl methyl sites for hydroxylation is 2. The number of aliphatic hydroxyl groups is 1. The van der Waals surface area contributed by atoms with E-state index in [1.165, 1.54) is 16.8 Å². The predicted molar refractivity (Wildman–Crippen MR) is 88.6 cm³/mol. The van der Waals surface area contributed by atoms with Crippen LogP contribution in [-0.4, -0.2) is 16.6 Å². The van der Waals surface area contributed by atoms with Crippen molar-refractivity contribution in [2.24, 2.45) is 0 Å². The average molecular weight is 302 g/mol. The zero-order valence-corrected chi connectivity index (χ0v) is 13.7. The molecule has 0 unspecified atom stereocenters. The van der Waals surface area contributed by atoms with Gasteiger partial charge < -0.3 is 10.0 Å². The zero-order valence-electron chi connectivity index (χ0n) is 12.9. The van der Waals surface area contributed by atoms with E-state index in [4.69, 9.17) is 4.98 Å². The predicted octanol–water partition coefficient (Wildman–Crippen LogP) is 4.15. The lowest BCUT2D eigenvalue weighted by atomic mass is 10.00. The van der Waals surface area contributed by atoms with E-state index in [0.717, 1.165) is 35.1 Å². The number of fused-ring (bicyclic) bond motifs is 1. The van der Waals surface area contributed by atoms with Gasteiger partial charge in [-0.1, -0.05) is 42.9 Å². The standard InChI is InChI=1S/C17H22N2OS/c1-11(2)16-15(10-20)21-17(18-16)19-8-4-5-13-9-12(3)6-7-14(13)19/h6-7,9,11,20H,4-5,8,10H2,1-3H3. The lowest BCUT2D eigenvalue weighted by Gasteiger charge is -2.29. The van der Waals surface area contributed by atoms with E-state index in [1.54, 1.807) is 11.3 Å². The summed E-state index contributed by atoms with van der Waals surface area (Å²) >= 11 is 1.63. The van der Waals surface area contributed by atoms with E-state index in [-0.39, 0.29) is 6.61 Å². The highest BCUT2D eigenvalue weighted by atomic mass is 32.1. The number of hydrogen-bond acceptors (Lipinski definition) is 4. The number of benzene rings is 1. The minimum atomic E-state index is 0.0831. The van der Waals surface area contributed by atoms with Gasteiger partial charge in [0.25, 0.3) is 0 Å². The fourth-order valence-corrected chi connectivity index (χ4v) is 4.07. The fourth-order valence-electron chi connectivity index (χ4n) is 2.96. The molecule has 0 bridgehead atoms. The molecule has 0 spiro atoms. The number of rotatable bonds is 3. The van der Waals surface area contributed by atoms with Crippen molar-refractivity contribution in [1.82, 2.24) is 4.98 Å². The topological polar surface area (TPSA) is 36.4 Å². The van der Waals surface area contributed by atoms with Gasteiger partial charge in [-0.3, -0.25) is 0 Å². The van der Waals surface area contributed by atoms with Gasteiger partial charge in [-0.2, -0.15) is 0 Å². The number of nitrogens with zero attached hydrogens (tertiary/aromatic N) is 2. The number of thiazole rings is 1. The molecule has 1 aromatic heterocycles. The summed E-state index contributed by atoms with van der Waals surface area (Å²) in [6, 6.07) is 6.66. The summed E-state index contributed by atoms with van der Waals surface area (Å²) in [5, 5.41) is 10.6. The van der Waals surface area contributed by atoms with E-state index in [2.05, 4.69) is 43.9 Å². The van der Waals surface area contributed by atoms with Crippen molar-refractivity contribution >= 4 is 22.2 Å². The summed E-state index contributed by atoms with van der Waals surface area (Å²) in [5.74, 6) is 0.347. The van der Waals surface area contributed by atoms with E-state index < -0.39 is 0 Å². The lowest BCUT2D eigenvalue weighted by Crippen LogP contribution is -2.24. The van der Waals surface area contributed by atoms with Crippen molar-refractivity contribution < 1.29 is 5.11 Å². The van der Waals surface area contributed by atoms with Gasteiger partial charge in [0.15, 0.2) is 5.13 Å². The van der Waals surface area contributed by atoms with E-state index in [1.807, 2.05) is 0 Å². The Morgan fingerprint density at radius 3 is 2.86 bits per heavy atom. The number of anilines is 2. The van der Waals surface area contributed by atoms with Crippen molar-refractivity contribution in [2.45, 2.75) is 46.1 Å². The van der Waals surface area contributed by atoms with Crippen LogP contribution in [0.2, 0.25) is 0 Å².